The molecule has 0 aromatic carbocycles. The molecule has 0 radical (unpaired) electrons. The van der Waals surface area contributed by atoms with E-state index in [1.807, 2.05) is 0 Å². The van der Waals surface area contributed by atoms with E-state index in [2.05, 4.69) is 15.3 Å². The van der Waals surface area contributed by atoms with Crippen molar-refractivity contribution in [2.75, 3.05) is 14.2 Å². The summed E-state index contributed by atoms with van der Waals surface area (Å²) >= 11 is 0. The lowest BCUT2D eigenvalue weighted by atomic mass is 10.1. The molecule has 0 aliphatic carbocycles. The molecule has 2 rings (SSSR count). The van der Waals surface area contributed by atoms with Gasteiger partial charge in [0.15, 0.2) is 5.75 Å². The molecule has 1 unspecified atom stereocenters. The van der Waals surface area contributed by atoms with Crippen molar-refractivity contribution in [1.82, 2.24) is 20.0 Å². The van der Waals surface area contributed by atoms with Gasteiger partial charge in [-0.2, -0.15) is 5.10 Å². The van der Waals surface area contributed by atoms with Crippen LogP contribution in [0.1, 0.15) is 17.4 Å². The second-order valence-corrected chi connectivity index (χ2v) is 3.70. The number of nitrogens with zero attached hydrogens (tertiary/aromatic N) is 4. The van der Waals surface area contributed by atoms with Crippen LogP contribution in [-0.2, 0) is 7.05 Å². The number of hydrogen-bond donors (Lipinski definition) is 1. The van der Waals surface area contributed by atoms with Gasteiger partial charge in [0.2, 0.25) is 5.88 Å². The average molecular weight is 249 g/mol. The number of aryl methyl sites for hydroxylation is 1. The number of aromatic nitrogens is 4. The summed E-state index contributed by atoms with van der Waals surface area (Å²) in [5.41, 5.74) is 7.52. The highest BCUT2D eigenvalue weighted by Crippen LogP contribution is 2.26. The fraction of sp³-hybridized carbons (Fsp3) is 0.364. The van der Waals surface area contributed by atoms with Gasteiger partial charge in [-0.25, -0.2) is 0 Å². The molecule has 0 aliphatic rings. The number of rotatable bonds is 4. The molecule has 0 spiro atoms. The molecule has 0 aliphatic heterocycles. The van der Waals surface area contributed by atoms with Gasteiger partial charge < -0.3 is 15.2 Å². The van der Waals surface area contributed by atoms with Crippen molar-refractivity contribution >= 4 is 0 Å². The summed E-state index contributed by atoms with van der Waals surface area (Å²) in [7, 11) is 4.91. The average Bonchev–Trinajstić information content (AvgIpc) is 2.79. The molecule has 7 heteroatoms. The zero-order chi connectivity index (χ0) is 13.1. The van der Waals surface area contributed by atoms with E-state index in [4.69, 9.17) is 15.2 Å². The van der Waals surface area contributed by atoms with Gasteiger partial charge in [-0.15, -0.1) is 10.2 Å². The zero-order valence-electron chi connectivity index (χ0n) is 10.5. The van der Waals surface area contributed by atoms with Crippen molar-refractivity contribution in [3.63, 3.8) is 0 Å². The van der Waals surface area contributed by atoms with Gasteiger partial charge in [0.1, 0.15) is 5.69 Å². The van der Waals surface area contributed by atoms with Crippen LogP contribution >= 0.6 is 0 Å². The maximum absolute atomic E-state index is 6.15. The minimum Gasteiger partial charge on any atom is -0.493 e. The van der Waals surface area contributed by atoms with Crippen LogP contribution in [0.3, 0.4) is 0 Å². The third kappa shape index (κ3) is 2.12. The van der Waals surface area contributed by atoms with Crippen LogP contribution in [-0.4, -0.2) is 34.2 Å². The first kappa shape index (κ1) is 12.3. The summed E-state index contributed by atoms with van der Waals surface area (Å²) in [4.78, 5) is 0. The van der Waals surface area contributed by atoms with E-state index < -0.39 is 6.04 Å². The fourth-order valence-electron chi connectivity index (χ4n) is 1.68. The van der Waals surface area contributed by atoms with E-state index in [0.717, 1.165) is 5.69 Å². The van der Waals surface area contributed by atoms with Crippen molar-refractivity contribution in [1.29, 1.82) is 0 Å². The fourth-order valence-corrected chi connectivity index (χ4v) is 1.68. The summed E-state index contributed by atoms with van der Waals surface area (Å²) in [5.74, 6) is 1.07. The van der Waals surface area contributed by atoms with Crippen molar-refractivity contribution in [3.8, 4) is 11.6 Å². The molecule has 0 amide bonds. The molecule has 0 fully saturated rings. The lowest BCUT2D eigenvalue weighted by molar-refractivity contribution is 0.389. The number of methoxy groups -OCH3 is 2. The monoisotopic (exact) mass is 249 g/mol. The lowest BCUT2D eigenvalue weighted by Gasteiger charge is -2.13. The van der Waals surface area contributed by atoms with Crippen molar-refractivity contribution in [3.05, 3.63) is 29.7 Å². The Morgan fingerprint density at radius 3 is 2.56 bits per heavy atom. The lowest BCUT2D eigenvalue weighted by Crippen LogP contribution is -2.18. The second kappa shape index (κ2) is 5.01. The van der Waals surface area contributed by atoms with Crippen LogP contribution < -0.4 is 15.2 Å². The highest BCUT2D eigenvalue weighted by molar-refractivity contribution is 5.33. The topological polar surface area (TPSA) is 88.1 Å². The van der Waals surface area contributed by atoms with E-state index in [0.29, 0.717) is 17.3 Å². The Labute approximate surface area is 105 Å². The van der Waals surface area contributed by atoms with Crippen LogP contribution in [0.4, 0.5) is 0 Å². The molecule has 2 aromatic rings. The smallest absolute Gasteiger partial charge is 0.233 e. The number of ether oxygens (including phenoxy) is 2. The van der Waals surface area contributed by atoms with Crippen LogP contribution in [0.25, 0.3) is 0 Å². The highest BCUT2D eigenvalue weighted by Gasteiger charge is 2.20. The maximum Gasteiger partial charge on any atom is 0.233 e. The van der Waals surface area contributed by atoms with Crippen LogP contribution in [0.5, 0.6) is 11.6 Å². The summed E-state index contributed by atoms with van der Waals surface area (Å²) in [6.45, 7) is 0. The zero-order valence-corrected chi connectivity index (χ0v) is 10.5. The molecule has 18 heavy (non-hydrogen) atoms. The molecule has 0 bridgehead atoms. The largest absolute Gasteiger partial charge is 0.493 e. The summed E-state index contributed by atoms with van der Waals surface area (Å²) in [5, 5.41) is 12.0. The first-order valence-corrected chi connectivity index (χ1v) is 5.36. The van der Waals surface area contributed by atoms with Gasteiger partial charge in [0.05, 0.1) is 32.2 Å². The number of nitrogens with two attached hydrogens (primary N) is 1. The second-order valence-electron chi connectivity index (χ2n) is 3.70. The van der Waals surface area contributed by atoms with E-state index >= 15 is 0 Å². The third-order valence-electron chi connectivity index (χ3n) is 2.65. The summed E-state index contributed by atoms with van der Waals surface area (Å²) < 4.78 is 11.8. The Bertz CT molecular complexity index is 523. The molecule has 1 atom stereocenters. The predicted molar refractivity (Wildman–Crippen MR) is 64.4 cm³/mol. The Morgan fingerprint density at radius 2 is 2.00 bits per heavy atom. The molecule has 0 saturated heterocycles. The molecule has 2 aromatic heterocycles. The van der Waals surface area contributed by atoms with Gasteiger partial charge in [-0.1, -0.05) is 0 Å². The normalized spacial score (nSPS) is 12.2. The van der Waals surface area contributed by atoms with Crippen LogP contribution in [0.15, 0.2) is 18.3 Å². The van der Waals surface area contributed by atoms with Crippen LogP contribution in [0.2, 0.25) is 0 Å². The third-order valence-corrected chi connectivity index (χ3v) is 2.65. The summed E-state index contributed by atoms with van der Waals surface area (Å²) in [6.07, 6.45) is 1.62. The van der Waals surface area contributed by atoms with Gasteiger partial charge >= 0.3 is 0 Å². The first-order chi connectivity index (χ1) is 8.67. The molecular formula is C11H15N5O2. The minimum atomic E-state index is -0.453. The van der Waals surface area contributed by atoms with E-state index in [1.165, 1.54) is 7.11 Å². The van der Waals surface area contributed by atoms with E-state index in [9.17, 15) is 0 Å². The van der Waals surface area contributed by atoms with Crippen LogP contribution in [0, 0.1) is 0 Å². The molecule has 96 valence electrons. The molecule has 7 nitrogen and oxygen atoms in total. The van der Waals surface area contributed by atoms with Gasteiger partial charge in [-0.3, -0.25) is 4.68 Å². The van der Waals surface area contributed by atoms with E-state index in [1.54, 1.807) is 37.2 Å². The Hall–Kier alpha value is -2.15. The Balaban J connectivity index is 2.34. The molecule has 2 N–H and O–H groups in total. The number of hydrogen-bond acceptors (Lipinski definition) is 6. The van der Waals surface area contributed by atoms with Gasteiger partial charge in [-0.05, 0) is 6.07 Å². The Morgan fingerprint density at radius 1 is 1.22 bits per heavy atom. The molecular weight excluding hydrogens is 234 g/mol. The Kier molecular flexibility index (Phi) is 3.42. The SMILES string of the molecule is COc1ccc(C(N)c2c(OC)cnn2C)nn1. The van der Waals surface area contributed by atoms with Gasteiger partial charge in [0, 0.05) is 13.1 Å². The van der Waals surface area contributed by atoms with Gasteiger partial charge in [0.25, 0.3) is 0 Å². The van der Waals surface area contributed by atoms with E-state index in [-0.39, 0.29) is 0 Å². The standard InChI is InChI=1S/C11H15N5O2/c1-16-11(8(17-2)6-13-16)10(12)7-4-5-9(18-3)15-14-7/h4-6,10H,12H2,1-3H3. The summed E-state index contributed by atoms with van der Waals surface area (Å²) in [6, 6.07) is 3.03. The molecule has 2 heterocycles. The highest BCUT2D eigenvalue weighted by atomic mass is 16.5. The molecule has 0 saturated carbocycles. The van der Waals surface area contributed by atoms with Crippen molar-refractivity contribution < 1.29 is 9.47 Å². The predicted octanol–water partition coefficient (Wildman–Crippen LogP) is 0.275. The van der Waals surface area contributed by atoms with Crippen molar-refractivity contribution in [2.24, 2.45) is 12.8 Å². The maximum atomic E-state index is 6.15. The van der Waals surface area contributed by atoms with Crippen molar-refractivity contribution in [2.45, 2.75) is 6.04 Å². The minimum absolute atomic E-state index is 0.447. The quantitative estimate of drug-likeness (QED) is 0.837. The first-order valence-electron chi connectivity index (χ1n) is 5.36.